The molecule has 1 saturated carbocycles. The standard InChI is InChI=1S/C14H17FN2/c1-10-13-8-12(15)6-7-14(13)17(16-10)9-11-4-2-3-5-11/h6-8,11H,2-5,9H2,1H3. The van der Waals surface area contributed by atoms with E-state index in [1.165, 1.54) is 31.7 Å². The third-order valence-electron chi connectivity index (χ3n) is 3.80. The summed E-state index contributed by atoms with van der Waals surface area (Å²) in [5, 5.41) is 5.49. The fraction of sp³-hybridized carbons (Fsp3) is 0.500. The zero-order valence-electron chi connectivity index (χ0n) is 10.1. The summed E-state index contributed by atoms with van der Waals surface area (Å²) < 4.78 is 15.2. The maximum absolute atomic E-state index is 13.2. The summed E-state index contributed by atoms with van der Waals surface area (Å²) in [6, 6.07) is 4.96. The van der Waals surface area contributed by atoms with Crippen molar-refractivity contribution in [2.75, 3.05) is 0 Å². The van der Waals surface area contributed by atoms with Crippen LogP contribution in [-0.2, 0) is 6.54 Å². The van der Waals surface area contributed by atoms with E-state index in [0.29, 0.717) is 0 Å². The monoisotopic (exact) mass is 232 g/mol. The number of hydrogen-bond donors (Lipinski definition) is 0. The molecule has 0 unspecified atom stereocenters. The Morgan fingerprint density at radius 1 is 1.35 bits per heavy atom. The van der Waals surface area contributed by atoms with Crippen LogP contribution in [0.3, 0.4) is 0 Å². The van der Waals surface area contributed by atoms with Gasteiger partial charge in [-0.2, -0.15) is 5.10 Å². The zero-order chi connectivity index (χ0) is 11.8. The first kappa shape index (κ1) is 10.8. The Hall–Kier alpha value is -1.38. The number of fused-ring (bicyclic) bond motifs is 1. The van der Waals surface area contributed by atoms with Gasteiger partial charge in [-0.1, -0.05) is 12.8 Å². The predicted octanol–water partition coefficient (Wildman–Crippen LogP) is 3.67. The van der Waals surface area contributed by atoms with Crippen molar-refractivity contribution in [3.8, 4) is 0 Å². The number of hydrogen-bond acceptors (Lipinski definition) is 1. The van der Waals surface area contributed by atoms with Gasteiger partial charge in [0, 0.05) is 11.9 Å². The van der Waals surface area contributed by atoms with Crippen molar-refractivity contribution in [1.82, 2.24) is 9.78 Å². The summed E-state index contributed by atoms with van der Waals surface area (Å²) in [6.45, 7) is 2.93. The molecule has 0 atom stereocenters. The Morgan fingerprint density at radius 2 is 2.12 bits per heavy atom. The minimum Gasteiger partial charge on any atom is -0.264 e. The maximum Gasteiger partial charge on any atom is 0.124 e. The number of benzene rings is 1. The average Bonchev–Trinajstić information content (AvgIpc) is 2.89. The van der Waals surface area contributed by atoms with Crippen LogP contribution in [0.1, 0.15) is 31.4 Å². The van der Waals surface area contributed by atoms with Crippen LogP contribution in [0.25, 0.3) is 10.9 Å². The van der Waals surface area contributed by atoms with Crippen molar-refractivity contribution in [3.05, 3.63) is 29.7 Å². The van der Waals surface area contributed by atoms with E-state index in [4.69, 9.17) is 0 Å². The van der Waals surface area contributed by atoms with Gasteiger partial charge in [0.25, 0.3) is 0 Å². The molecule has 0 N–H and O–H groups in total. The molecular formula is C14H17FN2. The summed E-state index contributed by atoms with van der Waals surface area (Å²) >= 11 is 0. The third-order valence-corrected chi connectivity index (χ3v) is 3.80. The van der Waals surface area contributed by atoms with Gasteiger partial charge in [-0.15, -0.1) is 0 Å². The fourth-order valence-electron chi connectivity index (χ4n) is 2.89. The first-order valence-corrected chi connectivity index (χ1v) is 6.37. The molecule has 0 saturated heterocycles. The topological polar surface area (TPSA) is 17.8 Å². The predicted molar refractivity (Wildman–Crippen MR) is 66.4 cm³/mol. The molecule has 2 nitrogen and oxygen atoms in total. The van der Waals surface area contributed by atoms with E-state index in [9.17, 15) is 4.39 Å². The molecular weight excluding hydrogens is 215 g/mol. The molecule has 17 heavy (non-hydrogen) atoms. The summed E-state index contributed by atoms with van der Waals surface area (Å²) in [7, 11) is 0. The lowest BCUT2D eigenvalue weighted by molar-refractivity contribution is 0.436. The minimum atomic E-state index is -0.180. The number of halogens is 1. The van der Waals surface area contributed by atoms with E-state index in [-0.39, 0.29) is 5.82 Å². The van der Waals surface area contributed by atoms with E-state index in [1.807, 2.05) is 13.0 Å². The third kappa shape index (κ3) is 1.94. The Kier molecular flexibility index (Phi) is 2.61. The van der Waals surface area contributed by atoms with Crippen LogP contribution in [0, 0.1) is 18.7 Å². The van der Waals surface area contributed by atoms with Gasteiger partial charge in [-0.05, 0) is 43.9 Å². The van der Waals surface area contributed by atoms with E-state index >= 15 is 0 Å². The van der Waals surface area contributed by atoms with Crippen LogP contribution in [0.4, 0.5) is 4.39 Å². The van der Waals surface area contributed by atoms with Crippen molar-refractivity contribution in [2.45, 2.75) is 39.2 Å². The number of rotatable bonds is 2. The second kappa shape index (κ2) is 4.13. The second-order valence-corrected chi connectivity index (χ2v) is 5.08. The smallest absolute Gasteiger partial charge is 0.124 e. The minimum absolute atomic E-state index is 0.180. The Balaban J connectivity index is 1.98. The molecule has 3 heteroatoms. The summed E-state index contributed by atoms with van der Waals surface area (Å²) in [6.07, 6.45) is 5.30. The van der Waals surface area contributed by atoms with Crippen molar-refractivity contribution < 1.29 is 4.39 Å². The molecule has 0 radical (unpaired) electrons. The molecule has 0 bridgehead atoms. The van der Waals surface area contributed by atoms with Gasteiger partial charge in [0.05, 0.1) is 11.2 Å². The Morgan fingerprint density at radius 3 is 2.88 bits per heavy atom. The molecule has 0 spiro atoms. The molecule has 1 fully saturated rings. The molecule has 0 amide bonds. The Bertz CT molecular complexity index is 538. The highest BCUT2D eigenvalue weighted by atomic mass is 19.1. The number of nitrogens with zero attached hydrogens (tertiary/aromatic N) is 2. The number of aryl methyl sites for hydroxylation is 1. The van der Waals surface area contributed by atoms with Gasteiger partial charge in [-0.3, -0.25) is 4.68 Å². The van der Waals surface area contributed by atoms with Gasteiger partial charge >= 0.3 is 0 Å². The zero-order valence-corrected chi connectivity index (χ0v) is 10.1. The lowest BCUT2D eigenvalue weighted by atomic mass is 10.1. The first-order valence-electron chi connectivity index (χ1n) is 6.37. The van der Waals surface area contributed by atoms with E-state index in [0.717, 1.165) is 29.1 Å². The van der Waals surface area contributed by atoms with Crippen molar-refractivity contribution in [1.29, 1.82) is 0 Å². The van der Waals surface area contributed by atoms with Crippen LogP contribution < -0.4 is 0 Å². The largest absolute Gasteiger partial charge is 0.264 e. The number of aromatic nitrogens is 2. The van der Waals surface area contributed by atoms with Crippen molar-refractivity contribution >= 4 is 10.9 Å². The van der Waals surface area contributed by atoms with E-state index in [1.54, 1.807) is 6.07 Å². The molecule has 1 aliphatic rings. The molecule has 3 rings (SSSR count). The van der Waals surface area contributed by atoms with Gasteiger partial charge in [0.15, 0.2) is 0 Å². The molecule has 90 valence electrons. The van der Waals surface area contributed by atoms with E-state index < -0.39 is 0 Å². The second-order valence-electron chi connectivity index (χ2n) is 5.08. The van der Waals surface area contributed by atoms with Crippen LogP contribution in [0.2, 0.25) is 0 Å². The van der Waals surface area contributed by atoms with Gasteiger partial charge in [0.1, 0.15) is 5.82 Å². The summed E-state index contributed by atoms with van der Waals surface area (Å²) in [5.74, 6) is 0.573. The fourth-order valence-corrected chi connectivity index (χ4v) is 2.89. The maximum atomic E-state index is 13.2. The van der Waals surface area contributed by atoms with Crippen molar-refractivity contribution in [2.24, 2.45) is 5.92 Å². The SMILES string of the molecule is Cc1nn(CC2CCCC2)c2ccc(F)cc12. The Labute approximate surface area is 100 Å². The first-order chi connectivity index (χ1) is 8.24. The molecule has 1 aromatic heterocycles. The lowest BCUT2D eigenvalue weighted by Crippen LogP contribution is -2.08. The molecule has 1 aromatic carbocycles. The van der Waals surface area contributed by atoms with Gasteiger partial charge < -0.3 is 0 Å². The molecule has 2 aromatic rings. The highest BCUT2D eigenvalue weighted by Crippen LogP contribution is 2.28. The lowest BCUT2D eigenvalue weighted by Gasteiger charge is -2.09. The summed E-state index contributed by atoms with van der Waals surface area (Å²) in [4.78, 5) is 0. The summed E-state index contributed by atoms with van der Waals surface area (Å²) in [5.41, 5.74) is 1.99. The molecule has 1 heterocycles. The average molecular weight is 232 g/mol. The normalized spacial score (nSPS) is 17.1. The van der Waals surface area contributed by atoms with Crippen molar-refractivity contribution in [3.63, 3.8) is 0 Å². The van der Waals surface area contributed by atoms with Crippen LogP contribution in [-0.4, -0.2) is 9.78 Å². The van der Waals surface area contributed by atoms with Gasteiger partial charge in [-0.25, -0.2) is 4.39 Å². The van der Waals surface area contributed by atoms with E-state index in [2.05, 4.69) is 9.78 Å². The van der Waals surface area contributed by atoms with Crippen LogP contribution in [0.15, 0.2) is 18.2 Å². The molecule has 0 aliphatic heterocycles. The van der Waals surface area contributed by atoms with Crippen LogP contribution in [0.5, 0.6) is 0 Å². The quantitative estimate of drug-likeness (QED) is 0.772. The highest BCUT2D eigenvalue weighted by molar-refractivity contribution is 5.81. The molecule has 1 aliphatic carbocycles. The van der Waals surface area contributed by atoms with Gasteiger partial charge in [0.2, 0.25) is 0 Å². The van der Waals surface area contributed by atoms with Crippen LogP contribution >= 0.6 is 0 Å². The highest BCUT2D eigenvalue weighted by Gasteiger charge is 2.17.